The minimum atomic E-state index is -0.377. The van der Waals surface area contributed by atoms with Crippen LogP contribution in [0, 0.1) is 0 Å². The van der Waals surface area contributed by atoms with Crippen LogP contribution < -0.4 is 10.5 Å². The molecule has 0 spiro atoms. The van der Waals surface area contributed by atoms with Crippen molar-refractivity contribution in [2.24, 2.45) is 0 Å². The van der Waals surface area contributed by atoms with Crippen molar-refractivity contribution in [1.82, 2.24) is 0 Å². The summed E-state index contributed by atoms with van der Waals surface area (Å²) in [4.78, 5) is 11.5. The molecule has 0 aliphatic carbocycles. The van der Waals surface area contributed by atoms with Gasteiger partial charge in [0.1, 0.15) is 5.75 Å². The van der Waals surface area contributed by atoms with E-state index >= 15 is 0 Å². The minimum Gasteiger partial charge on any atom is -0.482 e. The van der Waals surface area contributed by atoms with Gasteiger partial charge in [-0.2, -0.15) is 11.3 Å². The molecule has 0 radical (unpaired) electrons. The average Bonchev–Trinajstić information content (AvgIpc) is 2.90. The Morgan fingerprint density at radius 3 is 2.95 bits per heavy atom. The summed E-state index contributed by atoms with van der Waals surface area (Å²) in [6.07, 6.45) is 0.730. The summed E-state index contributed by atoms with van der Waals surface area (Å²) < 4.78 is 10.4. The molecule has 19 heavy (non-hydrogen) atoms. The number of hydrogen-bond donors (Lipinski definition) is 1. The third kappa shape index (κ3) is 4.63. The van der Waals surface area contributed by atoms with E-state index in [0.717, 1.165) is 6.42 Å². The predicted octanol–water partition coefficient (Wildman–Crippen LogP) is 2.50. The first-order valence-corrected chi connectivity index (χ1v) is 6.83. The molecule has 100 valence electrons. The first-order valence-electron chi connectivity index (χ1n) is 5.89. The molecule has 1 aromatic carbocycles. The van der Waals surface area contributed by atoms with Crippen LogP contribution in [0.4, 0.5) is 5.69 Å². The maximum atomic E-state index is 11.5. The molecule has 0 saturated heterocycles. The maximum absolute atomic E-state index is 11.5. The first kappa shape index (κ1) is 13.4. The van der Waals surface area contributed by atoms with E-state index in [-0.39, 0.29) is 12.6 Å². The second kappa shape index (κ2) is 6.80. The van der Waals surface area contributed by atoms with Crippen molar-refractivity contribution < 1.29 is 14.3 Å². The Balaban J connectivity index is 1.67. The summed E-state index contributed by atoms with van der Waals surface area (Å²) in [5.41, 5.74) is 7.38. The zero-order valence-corrected chi connectivity index (χ0v) is 11.2. The molecule has 0 atom stereocenters. The van der Waals surface area contributed by atoms with E-state index in [4.69, 9.17) is 15.2 Å². The molecule has 0 amide bonds. The molecule has 4 nitrogen and oxygen atoms in total. The molecule has 2 N–H and O–H groups in total. The van der Waals surface area contributed by atoms with Crippen molar-refractivity contribution >= 4 is 23.0 Å². The maximum Gasteiger partial charge on any atom is 0.344 e. The molecule has 2 rings (SSSR count). The second-order valence-corrected chi connectivity index (χ2v) is 4.74. The van der Waals surface area contributed by atoms with Crippen LogP contribution in [0.1, 0.15) is 5.56 Å². The summed E-state index contributed by atoms with van der Waals surface area (Å²) >= 11 is 1.63. The van der Waals surface area contributed by atoms with Crippen LogP contribution in [0.2, 0.25) is 0 Å². The van der Waals surface area contributed by atoms with E-state index < -0.39 is 0 Å². The highest BCUT2D eigenvalue weighted by molar-refractivity contribution is 7.07. The van der Waals surface area contributed by atoms with E-state index in [0.29, 0.717) is 18.0 Å². The molecule has 0 aliphatic heterocycles. The summed E-state index contributed by atoms with van der Waals surface area (Å²) in [5.74, 6) is 0.187. The lowest BCUT2D eigenvalue weighted by Crippen LogP contribution is -2.16. The number of carbonyl (C=O) groups excluding carboxylic acids is 1. The molecular formula is C14H15NO3S. The van der Waals surface area contributed by atoms with Crippen LogP contribution in [0.3, 0.4) is 0 Å². The van der Waals surface area contributed by atoms with Gasteiger partial charge in [-0.05, 0) is 34.5 Å². The van der Waals surface area contributed by atoms with Crippen LogP contribution in [0.25, 0.3) is 0 Å². The third-order valence-corrected chi connectivity index (χ3v) is 3.18. The van der Waals surface area contributed by atoms with Crippen molar-refractivity contribution in [2.45, 2.75) is 6.42 Å². The Labute approximate surface area is 115 Å². The Hall–Kier alpha value is -2.01. The number of anilines is 1. The van der Waals surface area contributed by atoms with Gasteiger partial charge in [0.25, 0.3) is 0 Å². The van der Waals surface area contributed by atoms with Gasteiger partial charge in [-0.25, -0.2) is 4.79 Å². The Kier molecular flexibility index (Phi) is 4.80. The number of nitrogens with two attached hydrogens (primary N) is 1. The lowest BCUT2D eigenvalue weighted by Gasteiger charge is -2.07. The van der Waals surface area contributed by atoms with Gasteiger partial charge in [0.05, 0.1) is 6.61 Å². The van der Waals surface area contributed by atoms with Crippen LogP contribution in [0.15, 0.2) is 41.1 Å². The van der Waals surface area contributed by atoms with E-state index in [2.05, 4.69) is 0 Å². The highest BCUT2D eigenvalue weighted by Crippen LogP contribution is 2.14. The standard InChI is InChI=1S/C14H15NO3S/c15-12-2-1-3-13(8-12)18-9-14(16)17-6-4-11-5-7-19-10-11/h1-3,5,7-8,10H,4,6,9,15H2. The van der Waals surface area contributed by atoms with Gasteiger partial charge in [0, 0.05) is 18.2 Å². The molecule has 0 saturated carbocycles. The lowest BCUT2D eigenvalue weighted by molar-refractivity contribution is -0.145. The quantitative estimate of drug-likeness (QED) is 0.651. The fraction of sp³-hybridized carbons (Fsp3) is 0.214. The number of carbonyl (C=O) groups is 1. The average molecular weight is 277 g/mol. The zero-order valence-electron chi connectivity index (χ0n) is 10.4. The van der Waals surface area contributed by atoms with Crippen molar-refractivity contribution in [1.29, 1.82) is 0 Å². The van der Waals surface area contributed by atoms with E-state index in [1.54, 1.807) is 35.6 Å². The molecular weight excluding hydrogens is 262 g/mol. The summed E-state index contributed by atoms with van der Waals surface area (Å²) in [6, 6.07) is 8.95. The molecule has 1 heterocycles. The monoisotopic (exact) mass is 277 g/mol. The molecule has 2 aromatic rings. The van der Waals surface area contributed by atoms with Crippen molar-refractivity contribution in [3.63, 3.8) is 0 Å². The van der Waals surface area contributed by atoms with Crippen LogP contribution >= 0.6 is 11.3 Å². The molecule has 0 fully saturated rings. The first-order chi connectivity index (χ1) is 9.24. The third-order valence-electron chi connectivity index (χ3n) is 2.45. The summed E-state index contributed by atoms with van der Waals surface area (Å²) in [6.45, 7) is 0.267. The Bertz CT molecular complexity index is 525. The fourth-order valence-electron chi connectivity index (χ4n) is 1.51. The van der Waals surface area contributed by atoms with Crippen molar-refractivity contribution in [2.75, 3.05) is 18.9 Å². The van der Waals surface area contributed by atoms with Gasteiger partial charge in [-0.3, -0.25) is 0 Å². The van der Waals surface area contributed by atoms with Crippen LogP contribution in [-0.4, -0.2) is 19.2 Å². The molecule has 0 unspecified atom stereocenters. The SMILES string of the molecule is Nc1cccc(OCC(=O)OCCc2ccsc2)c1. The Morgan fingerprint density at radius 2 is 2.21 bits per heavy atom. The number of nitrogen functional groups attached to an aromatic ring is 1. The van der Waals surface area contributed by atoms with Gasteiger partial charge in [0.2, 0.25) is 0 Å². The van der Waals surface area contributed by atoms with Crippen molar-refractivity contribution in [3.8, 4) is 5.75 Å². The highest BCUT2D eigenvalue weighted by atomic mass is 32.1. The van der Waals surface area contributed by atoms with Crippen molar-refractivity contribution in [3.05, 3.63) is 46.7 Å². The Morgan fingerprint density at radius 1 is 1.32 bits per heavy atom. The molecule has 5 heteroatoms. The highest BCUT2D eigenvalue weighted by Gasteiger charge is 2.04. The number of rotatable bonds is 6. The van der Waals surface area contributed by atoms with Crippen LogP contribution in [-0.2, 0) is 16.0 Å². The van der Waals surface area contributed by atoms with E-state index in [9.17, 15) is 4.79 Å². The lowest BCUT2D eigenvalue weighted by atomic mass is 10.3. The van der Waals surface area contributed by atoms with Gasteiger partial charge in [-0.15, -0.1) is 0 Å². The second-order valence-electron chi connectivity index (χ2n) is 3.96. The number of benzene rings is 1. The number of ether oxygens (including phenoxy) is 2. The topological polar surface area (TPSA) is 61.5 Å². The zero-order chi connectivity index (χ0) is 13.5. The fourth-order valence-corrected chi connectivity index (χ4v) is 2.21. The normalized spacial score (nSPS) is 10.1. The predicted molar refractivity (Wildman–Crippen MR) is 75.3 cm³/mol. The summed E-state index contributed by atoms with van der Waals surface area (Å²) in [5, 5.41) is 4.04. The van der Waals surface area contributed by atoms with E-state index in [1.807, 2.05) is 16.8 Å². The van der Waals surface area contributed by atoms with Gasteiger partial charge >= 0.3 is 5.97 Å². The minimum absolute atomic E-state index is 0.104. The summed E-state index contributed by atoms with van der Waals surface area (Å²) in [7, 11) is 0. The van der Waals surface area contributed by atoms with Gasteiger partial charge < -0.3 is 15.2 Å². The smallest absolute Gasteiger partial charge is 0.344 e. The van der Waals surface area contributed by atoms with E-state index in [1.165, 1.54) is 5.56 Å². The number of thiophene rings is 1. The van der Waals surface area contributed by atoms with Crippen LogP contribution in [0.5, 0.6) is 5.75 Å². The molecule has 1 aromatic heterocycles. The van der Waals surface area contributed by atoms with Gasteiger partial charge in [-0.1, -0.05) is 6.07 Å². The number of esters is 1. The molecule has 0 bridgehead atoms. The largest absolute Gasteiger partial charge is 0.482 e. The molecule has 0 aliphatic rings. The number of hydrogen-bond acceptors (Lipinski definition) is 5. The van der Waals surface area contributed by atoms with Gasteiger partial charge in [0.15, 0.2) is 6.61 Å².